The van der Waals surface area contributed by atoms with Crippen molar-refractivity contribution < 1.29 is 4.79 Å². The summed E-state index contributed by atoms with van der Waals surface area (Å²) in [6.45, 7) is 2.86. The molecule has 0 saturated carbocycles. The number of nitrogens with one attached hydrogen (secondary N) is 1. The van der Waals surface area contributed by atoms with Gasteiger partial charge in [0.25, 0.3) is 0 Å². The number of amides is 1. The SMILES string of the molecule is CCCCNC(=O)Cc1ccc2nc(N)sc2c1. The lowest BCUT2D eigenvalue weighted by molar-refractivity contribution is -0.120. The van der Waals surface area contributed by atoms with Crippen molar-refractivity contribution >= 4 is 32.6 Å². The zero-order valence-electron chi connectivity index (χ0n) is 10.4. The van der Waals surface area contributed by atoms with Gasteiger partial charge in [-0.05, 0) is 24.1 Å². The fourth-order valence-electron chi connectivity index (χ4n) is 1.75. The van der Waals surface area contributed by atoms with Crippen LogP contribution >= 0.6 is 11.3 Å². The molecule has 0 fully saturated rings. The van der Waals surface area contributed by atoms with E-state index in [1.165, 1.54) is 11.3 Å². The first-order valence-corrected chi connectivity index (χ1v) is 6.92. The summed E-state index contributed by atoms with van der Waals surface area (Å²) in [5, 5.41) is 3.47. The van der Waals surface area contributed by atoms with Gasteiger partial charge in [-0.1, -0.05) is 30.7 Å². The molecular weight excluding hydrogens is 246 g/mol. The van der Waals surface area contributed by atoms with Crippen molar-refractivity contribution in [3.05, 3.63) is 23.8 Å². The Kier molecular flexibility index (Phi) is 4.15. The normalized spacial score (nSPS) is 10.7. The van der Waals surface area contributed by atoms with Gasteiger partial charge in [0, 0.05) is 6.54 Å². The van der Waals surface area contributed by atoms with E-state index in [0.717, 1.165) is 35.2 Å². The Bertz CT molecular complexity index is 550. The van der Waals surface area contributed by atoms with Gasteiger partial charge in [-0.2, -0.15) is 0 Å². The lowest BCUT2D eigenvalue weighted by Gasteiger charge is -2.04. The molecule has 1 amide bonds. The van der Waals surface area contributed by atoms with Gasteiger partial charge in [-0.25, -0.2) is 4.98 Å². The lowest BCUT2D eigenvalue weighted by Crippen LogP contribution is -2.25. The summed E-state index contributed by atoms with van der Waals surface area (Å²) in [5.74, 6) is 0.0697. The number of benzene rings is 1. The Morgan fingerprint density at radius 3 is 3.11 bits per heavy atom. The number of nitrogen functional groups attached to an aromatic ring is 1. The molecule has 5 heteroatoms. The van der Waals surface area contributed by atoms with Crippen molar-refractivity contribution in [1.82, 2.24) is 10.3 Å². The lowest BCUT2D eigenvalue weighted by atomic mass is 10.1. The molecule has 4 nitrogen and oxygen atoms in total. The van der Waals surface area contributed by atoms with Crippen molar-refractivity contribution in [3.8, 4) is 0 Å². The predicted octanol–water partition coefficient (Wildman–Crippen LogP) is 2.34. The van der Waals surface area contributed by atoms with Gasteiger partial charge in [0.05, 0.1) is 16.6 Å². The molecule has 0 saturated heterocycles. The number of hydrogen-bond donors (Lipinski definition) is 2. The van der Waals surface area contributed by atoms with Crippen LogP contribution in [0.25, 0.3) is 10.2 Å². The molecule has 1 heterocycles. The second-order valence-corrected chi connectivity index (χ2v) is 5.30. The molecule has 0 radical (unpaired) electrons. The minimum Gasteiger partial charge on any atom is -0.375 e. The molecule has 0 aliphatic carbocycles. The summed E-state index contributed by atoms with van der Waals surface area (Å²) in [5.41, 5.74) is 7.55. The highest BCUT2D eigenvalue weighted by molar-refractivity contribution is 7.22. The Morgan fingerprint density at radius 2 is 2.33 bits per heavy atom. The standard InChI is InChI=1S/C13H17N3OS/c1-2-3-6-15-12(17)8-9-4-5-10-11(7-9)18-13(14)16-10/h4-5,7H,2-3,6,8H2,1H3,(H2,14,16)(H,15,17). The van der Waals surface area contributed by atoms with E-state index in [2.05, 4.69) is 17.2 Å². The van der Waals surface area contributed by atoms with Crippen LogP contribution in [0.4, 0.5) is 5.13 Å². The zero-order chi connectivity index (χ0) is 13.0. The number of nitrogens with zero attached hydrogens (tertiary/aromatic N) is 1. The van der Waals surface area contributed by atoms with Crippen molar-refractivity contribution in [1.29, 1.82) is 0 Å². The van der Waals surface area contributed by atoms with Crippen molar-refractivity contribution in [2.75, 3.05) is 12.3 Å². The van der Waals surface area contributed by atoms with E-state index in [0.29, 0.717) is 11.6 Å². The number of aromatic nitrogens is 1. The Morgan fingerprint density at radius 1 is 1.50 bits per heavy atom. The van der Waals surface area contributed by atoms with Crippen LogP contribution in [-0.2, 0) is 11.2 Å². The molecule has 0 aliphatic rings. The van der Waals surface area contributed by atoms with Crippen LogP contribution < -0.4 is 11.1 Å². The Hall–Kier alpha value is -1.62. The summed E-state index contributed by atoms with van der Waals surface area (Å²) >= 11 is 1.45. The second-order valence-electron chi connectivity index (χ2n) is 4.23. The highest BCUT2D eigenvalue weighted by Gasteiger charge is 2.06. The molecule has 1 aromatic heterocycles. The van der Waals surface area contributed by atoms with E-state index in [1.807, 2.05) is 18.2 Å². The molecular formula is C13H17N3OS. The third-order valence-corrected chi connectivity index (χ3v) is 3.53. The van der Waals surface area contributed by atoms with E-state index in [9.17, 15) is 4.79 Å². The maximum absolute atomic E-state index is 11.7. The molecule has 1 aromatic carbocycles. The summed E-state index contributed by atoms with van der Waals surface area (Å²) in [4.78, 5) is 15.9. The van der Waals surface area contributed by atoms with Crippen LogP contribution in [0.3, 0.4) is 0 Å². The first-order chi connectivity index (χ1) is 8.69. The highest BCUT2D eigenvalue weighted by Crippen LogP contribution is 2.24. The van der Waals surface area contributed by atoms with Gasteiger partial charge in [-0.3, -0.25) is 4.79 Å². The largest absolute Gasteiger partial charge is 0.375 e. The van der Waals surface area contributed by atoms with Gasteiger partial charge in [0.2, 0.25) is 5.91 Å². The van der Waals surface area contributed by atoms with E-state index in [-0.39, 0.29) is 5.91 Å². The van der Waals surface area contributed by atoms with Crippen molar-refractivity contribution in [3.63, 3.8) is 0 Å². The van der Waals surface area contributed by atoms with Crippen molar-refractivity contribution in [2.24, 2.45) is 0 Å². The number of carbonyl (C=O) groups excluding carboxylic acids is 1. The monoisotopic (exact) mass is 263 g/mol. The van der Waals surface area contributed by atoms with Crippen LogP contribution in [0, 0.1) is 0 Å². The molecule has 0 spiro atoms. The van der Waals surface area contributed by atoms with Gasteiger partial charge < -0.3 is 11.1 Å². The highest BCUT2D eigenvalue weighted by atomic mass is 32.1. The van der Waals surface area contributed by atoms with E-state index in [4.69, 9.17) is 5.73 Å². The first-order valence-electron chi connectivity index (χ1n) is 6.10. The molecule has 0 aliphatic heterocycles. The predicted molar refractivity (Wildman–Crippen MR) is 75.7 cm³/mol. The second kappa shape index (κ2) is 5.82. The summed E-state index contributed by atoms with van der Waals surface area (Å²) in [6.07, 6.45) is 2.53. The molecule has 3 N–H and O–H groups in total. The maximum Gasteiger partial charge on any atom is 0.224 e. The van der Waals surface area contributed by atoms with Gasteiger partial charge in [-0.15, -0.1) is 0 Å². The number of thiazole rings is 1. The molecule has 2 rings (SSSR count). The average Bonchev–Trinajstić information content (AvgIpc) is 2.69. The molecule has 0 bridgehead atoms. The van der Waals surface area contributed by atoms with E-state index < -0.39 is 0 Å². The first kappa shape index (κ1) is 12.8. The third-order valence-electron chi connectivity index (χ3n) is 2.69. The number of rotatable bonds is 5. The Balaban J connectivity index is 2.00. The van der Waals surface area contributed by atoms with Crippen LogP contribution in [0.1, 0.15) is 25.3 Å². The van der Waals surface area contributed by atoms with Crippen LogP contribution in [0.2, 0.25) is 0 Å². The van der Waals surface area contributed by atoms with Crippen LogP contribution in [0.5, 0.6) is 0 Å². The summed E-state index contributed by atoms with van der Waals surface area (Å²) in [6, 6.07) is 5.83. The molecule has 0 unspecified atom stereocenters. The third kappa shape index (κ3) is 3.20. The quantitative estimate of drug-likeness (QED) is 0.814. The molecule has 18 heavy (non-hydrogen) atoms. The Labute approximate surface area is 110 Å². The minimum absolute atomic E-state index is 0.0697. The summed E-state index contributed by atoms with van der Waals surface area (Å²) in [7, 11) is 0. The van der Waals surface area contributed by atoms with E-state index >= 15 is 0 Å². The number of hydrogen-bond acceptors (Lipinski definition) is 4. The summed E-state index contributed by atoms with van der Waals surface area (Å²) < 4.78 is 1.03. The number of carbonyl (C=O) groups is 1. The average molecular weight is 263 g/mol. The molecule has 0 atom stereocenters. The number of anilines is 1. The van der Waals surface area contributed by atoms with E-state index in [1.54, 1.807) is 0 Å². The van der Waals surface area contributed by atoms with Gasteiger partial charge in [0.15, 0.2) is 5.13 Å². The van der Waals surface area contributed by atoms with Crippen LogP contribution in [-0.4, -0.2) is 17.4 Å². The fourth-order valence-corrected chi connectivity index (χ4v) is 2.55. The van der Waals surface area contributed by atoms with Gasteiger partial charge >= 0.3 is 0 Å². The smallest absolute Gasteiger partial charge is 0.224 e. The number of nitrogens with two attached hydrogens (primary N) is 1. The van der Waals surface area contributed by atoms with Crippen LogP contribution in [0.15, 0.2) is 18.2 Å². The topological polar surface area (TPSA) is 68.0 Å². The van der Waals surface area contributed by atoms with Gasteiger partial charge in [0.1, 0.15) is 0 Å². The number of unbranched alkanes of at least 4 members (excludes halogenated alkanes) is 1. The zero-order valence-corrected chi connectivity index (χ0v) is 11.2. The molecule has 2 aromatic rings. The fraction of sp³-hybridized carbons (Fsp3) is 0.385. The number of fused-ring (bicyclic) bond motifs is 1. The molecule has 96 valence electrons. The van der Waals surface area contributed by atoms with Crippen molar-refractivity contribution in [2.45, 2.75) is 26.2 Å². The maximum atomic E-state index is 11.7. The minimum atomic E-state index is 0.0697.